The number of hydrogen-bond acceptors (Lipinski definition) is 5. The second-order valence-corrected chi connectivity index (χ2v) is 7.58. The molecule has 1 atom stereocenters. The monoisotopic (exact) mass is 359 g/mol. The molecule has 1 fully saturated rings. The number of pyridine rings is 1. The van der Waals surface area contributed by atoms with E-state index in [1.807, 2.05) is 6.92 Å². The molecule has 0 amide bonds. The van der Waals surface area contributed by atoms with E-state index in [0.29, 0.717) is 18.1 Å². The van der Waals surface area contributed by atoms with Gasteiger partial charge < -0.3 is 5.32 Å². The van der Waals surface area contributed by atoms with Crippen LogP contribution >= 0.6 is 12.4 Å². The van der Waals surface area contributed by atoms with Crippen LogP contribution in [0.4, 0.5) is 0 Å². The lowest BCUT2D eigenvalue weighted by molar-refractivity contribution is 0.376. The maximum Gasteiger partial charge on any atom is 0.242 e. The van der Waals surface area contributed by atoms with Crippen LogP contribution in [0.1, 0.15) is 18.5 Å². The number of rotatable bonds is 4. The lowest BCUT2D eigenvalue weighted by atomic mass is 10.0. The summed E-state index contributed by atoms with van der Waals surface area (Å²) in [7, 11) is -1.74. The third-order valence-corrected chi connectivity index (χ3v) is 5.50. The van der Waals surface area contributed by atoms with Gasteiger partial charge in [0.2, 0.25) is 10.0 Å². The summed E-state index contributed by atoms with van der Waals surface area (Å²) in [5, 5.41) is 8.32. The zero-order chi connectivity index (χ0) is 15.7. The van der Waals surface area contributed by atoms with Gasteiger partial charge in [-0.05, 0) is 44.8 Å². The number of halogens is 1. The highest BCUT2D eigenvalue weighted by molar-refractivity contribution is 7.89. The zero-order valence-electron chi connectivity index (χ0n) is 13.2. The van der Waals surface area contributed by atoms with E-state index in [0.717, 1.165) is 37.0 Å². The van der Waals surface area contributed by atoms with Gasteiger partial charge >= 0.3 is 0 Å². The van der Waals surface area contributed by atoms with Crippen LogP contribution in [0.25, 0.3) is 11.0 Å². The molecule has 128 valence electrons. The Labute approximate surface area is 142 Å². The molecule has 0 radical (unpaired) electrons. The normalized spacial score (nSPS) is 18.8. The highest BCUT2D eigenvalue weighted by atomic mass is 35.5. The molecule has 0 aromatic carbocycles. The molecule has 1 aliphatic heterocycles. The van der Waals surface area contributed by atoms with Gasteiger partial charge in [-0.15, -0.1) is 12.4 Å². The second-order valence-electron chi connectivity index (χ2n) is 5.82. The largest absolute Gasteiger partial charge is 0.316 e. The zero-order valence-corrected chi connectivity index (χ0v) is 14.9. The lowest BCUT2D eigenvalue weighted by Gasteiger charge is -2.22. The van der Waals surface area contributed by atoms with Gasteiger partial charge in [0.1, 0.15) is 4.90 Å². The van der Waals surface area contributed by atoms with Crippen LogP contribution in [-0.4, -0.2) is 42.8 Å². The Hall–Kier alpha value is -1.22. The first-order valence-electron chi connectivity index (χ1n) is 7.47. The minimum atomic E-state index is -3.54. The molecule has 3 rings (SSSR count). The van der Waals surface area contributed by atoms with Gasteiger partial charge in [-0.25, -0.2) is 18.1 Å². The highest BCUT2D eigenvalue weighted by Gasteiger charge is 2.20. The molecule has 23 heavy (non-hydrogen) atoms. The molecular weight excluding hydrogens is 338 g/mol. The predicted octanol–water partition coefficient (Wildman–Crippen LogP) is 0.976. The van der Waals surface area contributed by atoms with Gasteiger partial charge in [0.05, 0.1) is 5.69 Å². The smallest absolute Gasteiger partial charge is 0.242 e. The van der Waals surface area contributed by atoms with E-state index >= 15 is 0 Å². The number of aromatic nitrogens is 3. The first kappa shape index (κ1) is 18.1. The number of piperidine rings is 1. The Balaban J connectivity index is 0.00000192. The topological polar surface area (TPSA) is 88.9 Å². The first-order valence-corrected chi connectivity index (χ1v) is 8.95. The number of hydrogen-bond donors (Lipinski definition) is 2. The van der Waals surface area contributed by atoms with Crippen LogP contribution < -0.4 is 10.0 Å². The summed E-state index contributed by atoms with van der Waals surface area (Å²) in [5.74, 6) is 0.348. The number of sulfonamides is 1. The number of fused-ring (bicyclic) bond motifs is 1. The van der Waals surface area contributed by atoms with Crippen molar-refractivity contribution in [2.75, 3.05) is 19.6 Å². The Morgan fingerprint density at radius 1 is 1.48 bits per heavy atom. The maximum absolute atomic E-state index is 12.4. The molecule has 1 saturated heterocycles. The van der Waals surface area contributed by atoms with Crippen molar-refractivity contribution in [2.24, 2.45) is 13.0 Å². The molecule has 0 bridgehead atoms. The van der Waals surface area contributed by atoms with E-state index in [4.69, 9.17) is 0 Å². The van der Waals surface area contributed by atoms with E-state index in [9.17, 15) is 8.42 Å². The van der Waals surface area contributed by atoms with Crippen LogP contribution in [0.15, 0.2) is 17.2 Å². The molecule has 2 N–H and O–H groups in total. The van der Waals surface area contributed by atoms with E-state index in [1.165, 1.54) is 6.20 Å². The summed E-state index contributed by atoms with van der Waals surface area (Å²) >= 11 is 0. The molecule has 2 aromatic heterocycles. The minimum Gasteiger partial charge on any atom is -0.316 e. The van der Waals surface area contributed by atoms with Crippen molar-refractivity contribution in [3.8, 4) is 0 Å². The van der Waals surface area contributed by atoms with Crippen LogP contribution in [0.2, 0.25) is 0 Å². The second kappa shape index (κ2) is 7.12. The first-order chi connectivity index (χ1) is 10.5. The van der Waals surface area contributed by atoms with Crippen molar-refractivity contribution in [3.05, 3.63) is 18.0 Å². The lowest BCUT2D eigenvalue weighted by Crippen LogP contribution is -2.38. The summed E-state index contributed by atoms with van der Waals surface area (Å²) in [6.45, 7) is 4.19. The van der Waals surface area contributed by atoms with Gasteiger partial charge in [0.25, 0.3) is 0 Å². The average molecular weight is 360 g/mol. The average Bonchev–Trinajstić information content (AvgIpc) is 2.81. The fraction of sp³-hybridized carbons (Fsp3) is 0.571. The van der Waals surface area contributed by atoms with Crippen LogP contribution in [0, 0.1) is 12.8 Å². The van der Waals surface area contributed by atoms with E-state index in [2.05, 4.69) is 20.1 Å². The molecule has 0 spiro atoms. The minimum absolute atomic E-state index is 0. The molecule has 0 saturated carbocycles. The Morgan fingerprint density at radius 2 is 2.26 bits per heavy atom. The number of nitrogens with one attached hydrogen (secondary N) is 2. The Bertz CT molecular complexity index is 784. The van der Waals surface area contributed by atoms with Crippen molar-refractivity contribution in [1.82, 2.24) is 24.8 Å². The van der Waals surface area contributed by atoms with E-state index in [1.54, 1.807) is 17.8 Å². The Kier molecular flexibility index (Phi) is 5.61. The number of aryl methyl sites for hydroxylation is 2. The molecular formula is C14H22ClN5O2S. The summed E-state index contributed by atoms with van der Waals surface area (Å²) in [4.78, 5) is 4.43. The molecule has 3 heterocycles. The van der Waals surface area contributed by atoms with Crippen molar-refractivity contribution < 1.29 is 8.42 Å². The summed E-state index contributed by atoms with van der Waals surface area (Å²) in [6, 6.07) is 1.64. The van der Waals surface area contributed by atoms with Gasteiger partial charge in [0, 0.05) is 25.2 Å². The predicted molar refractivity (Wildman–Crippen MR) is 91.3 cm³/mol. The van der Waals surface area contributed by atoms with Crippen molar-refractivity contribution in [2.45, 2.75) is 24.7 Å². The van der Waals surface area contributed by atoms with Crippen LogP contribution in [0.3, 0.4) is 0 Å². The third kappa shape index (κ3) is 3.82. The van der Waals surface area contributed by atoms with Gasteiger partial charge in [-0.2, -0.15) is 5.10 Å². The highest BCUT2D eigenvalue weighted by Crippen LogP contribution is 2.19. The fourth-order valence-corrected chi connectivity index (χ4v) is 3.93. The molecule has 1 aliphatic rings. The molecule has 9 heteroatoms. The van der Waals surface area contributed by atoms with Gasteiger partial charge in [-0.1, -0.05) is 0 Å². The molecule has 1 unspecified atom stereocenters. The van der Waals surface area contributed by atoms with E-state index < -0.39 is 10.0 Å². The van der Waals surface area contributed by atoms with Crippen molar-refractivity contribution in [3.63, 3.8) is 0 Å². The van der Waals surface area contributed by atoms with Gasteiger partial charge in [-0.3, -0.25) is 4.68 Å². The van der Waals surface area contributed by atoms with E-state index in [-0.39, 0.29) is 17.3 Å². The molecule has 7 nitrogen and oxygen atoms in total. The summed E-state index contributed by atoms with van der Waals surface area (Å²) < 4.78 is 29.2. The summed E-state index contributed by atoms with van der Waals surface area (Å²) in [5.41, 5.74) is 1.46. The van der Waals surface area contributed by atoms with Crippen LogP contribution in [0.5, 0.6) is 0 Å². The summed E-state index contributed by atoms with van der Waals surface area (Å²) in [6.07, 6.45) is 3.54. The third-order valence-electron chi connectivity index (χ3n) is 4.11. The van der Waals surface area contributed by atoms with Crippen molar-refractivity contribution in [1.29, 1.82) is 0 Å². The quantitative estimate of drug-likeness (QED) is 0.849. The molecule has 2 aromatic rings. The Morgan fingerprint density at radius 3 is 2.96 bits per heavy atom. The van der Waals surface area contributed by atoms with Gasteiger partial charge in [0.15, 0.2) is 5.65 Å². The van der Waals surface area contributed by atoms with Crippen LogP contribution in [-0.2, 0) is 17.1 Å². The maximum atomic E-state index is 12.4. The fourth-order valence-electron chi connectivity index (χ4n) is 2.84. The number of nitrogens with zero attached hydrogens (tertiary/aromatic N) is 3. The van der Waals surface area contributed by atoms with Crippen molar-refractivity contribution >= 4 is 33.5 Å². The molecule has 0 aliphatic carbocycles. The SMILES string of the molecule is Cc1nn(C)c2ncc(S(=O)(=O)NCC3CCCNC3)cc12.Cl. The standard InChI is InChI=1S/C14H21N5O2S.ClH/c1-10-13-6-12(9-16-14(13)19(2)18-10)22(20,21)17-8-11-4-3-5-15-7-11;/h6,9,11,15,17H,3-5,7-8H2,1-2H3;1H.